The number of methoxy groups -OCH3 is 1. The van der Waals surface area contributed by atoms with Crippen LogP contribution in [0.1, 0.15) is 19.8 Å². The van der Waals surface area contributed by atoms with Crippen LogP contribution in [0.2, 0.25) is 0 Å². The summed E-state index contributed by atoms with van der Waals surface area (Å²) in [7, 11) is 1.69. The highest BCUT2D eigenvalue weighted by atomic mass is 32.2. The van der Waals surface area contributed by atoms with Crippen LogP contribution in [0.3, 0.4) is 0 Å². The Labute approximate surface area is 154 Å². The van der Waals surface area contributed by atoms with Crippen molar-refractivity contribution in [3.05, 3.63) is 42.2 Å². The molecule has 1 heterocycles. The summed E-state index contributed by atoms with van der Waals surface area (Å²) in [5.74, 6) is 1.94. The van der Waals surface area contributed by atoms with Crippen molar-refractivity contribution in [1.29, 1.82) is 0 Å². The van der Waals surface area contributed by atoms with Crippen molar-refractivity contribution in [2.75, 3.05) is 25.4 Å². The van der Waals surface area contributed by atoms with Gasteiger partial charge >= 0.3 is 0 Å². The SMILES string of the molecule is COc1cc(SC)ccc1NC1=N/CN/C=C\[C@@H](C)/C(NC2CC2)=C\1. The topological polar surface area (TPSA) is 57.7 Å². The van der Waals surface area contributed by atoms with E-state index in [1.807, 2.05) is 18.3 Å². The van der Waals surface area contributed by atoms with E-state index in [9.17, 15) is 0 Å². The van der Waals surface area contributed by atoms with Crippen molar-refractivity contribution in [2.24, 2.45) is 10.9 Å². The fraction of sp³-hybridized carbons (Fsp3) is 0.421. The van der Waals surface area contributed by atoms with Gasteiger partial charge in [0.05, 0.1) is 12.8 Å². The molecule has 1 aliphatic heterocycles. The van der Waals surface area contributed by atoms with Gasteiger partial charge in [0, 0.05) is 22.6 Å². The van der Waals surface area contributed by atoms with Crippen LogP contribution in [0.4, 0.5) is 5.69 Å². The van der Waals surface area contributed by atoms with Crippen molar-refractivity contribution in [2.45, 2.75) is 30.7 Å². The van der Waals surface area contributed by atoms with Crippen molar-refractivity contribution in [3.8, 4) is 5.75 Å². The highest BCUT2D eigenvalue weighted by Crippen LogP contribution is 2.30. The average Bonchev–Trinajstić information content (AvgIpc) is 3.43. The van der Waals surface area contributed by atoms with Crippen LogP contribution < -0.4 is 20.7 Å². The Kier molecular flexibility index (Phi) is 5.91. The molecule has 1 aliphatic carbocycles. The second-order valence-corrected chi connectivity index (χ2v) is 7.14. The minimum Gasteiger partial charge on any atom is -0.495 e. The molecule has 6 heteroatoms. The molecule has 1 atom stereocenters. The Hall–Kier alpha value is -2.08. The minimum atomic E-state index is 0.305. The van der Waals surface area contributed by atoms with E-state index in [0.29, 0.717) is 18.6 Å². The Morgan fingerprint density at radius 2 is 2.16 bits per heavy atom. The van der Waals surface area contributed by atoms with Gasteiger partial charge in [0.1, 0.15) is 18.3 Å². The van der Waals surface area contributed by atoms with Crippen LogP contribution in [0.25, 0.3) is 0 Å². The van der Waals surface area contributed by atoms with Crippen molar-refractivity contribution in [3.63, 3.8) is 0 Å². The van der Waals surface area contributed by atoms with Crippen LogP contribution in [-0.4, -0.2) is 31.9 Å². The first-order chi connectivity index (χ1) is 12.2. The van der Waals surface area contributed by atoms with Gasteiger partial charge in [-0.1, -0.05) is 13.0 Å². The molecule has 0 unspecified atom stereocenters. The number of aliphatic imine (C=N–C) groups is 1. The largest absolute Gasteiger partial charge is 0.495 e. The fourth-order valence-corrected chi connectivity index (χ4v) is 3.00. The molecule has 1 aromatic carbocycles. The van der Waals surface area contributed by atoms with Crippen LogP contribution in [0.15, 0.2) is 52.1 Å². The number of nitrogens with zero attached hydrogens (tertiary/aromatic N) is 1. The highest BCUT2D eigenvalue weighted by molar-refractivity contribution is 7.98. The highest BCUT2D eigenvalue weighted by Gasteiger charge is 2.23. The van der Waals surface area contributed by atoms with E-state index >= 15 is 0 Å². The van der Waals surface area contributed by atoms with Gasteiger partial charge in [0.2, 0.25) is 0 Å². The maximum absolute atomic E-state index is 5.54. The molecule has 25 heavy (non-hydrogen) atoms. The molecule has 1 aromatic rings. The monoisotopic (exact) mass is 358 g/mol. The summed E-state index contributed by atoms with van der Waals surface area (Å²) in [4.78, 5) is 5.81. The van der Waals surface area contributed by atoms with E-state index in [1.165, 1.54) is 23.4 Å². The summed E-state index contributed by atoms with van der Waals surface area (Å²) in [5, 5.41) is 10.3. The molecular weight excluding hydrogens is 332 g/mol. The predicted molar refractivity (Wildman–Crippen MR) is 106 cm³/mol. The average molecular weight is 359 g/mol. The zero-order valence-electron chi connectivity index (χ0n) is 15.0. The Morgan fingerprint density at radius 3 is 2.88 bits per heavy atom. The van der Waals surface area contributed by atoms with Crippen LogP contribution in [0.5, 0.6) is 5.75 Å². The standard InChI is InChI=1S/C19H26N4OS/c1-13-8-9-20-12-21-19(11-17(13)22-14-4-5-14)23-16-7-6-15(25-3)10-18(16)24-2/h6-11,13-14,20,22H,4-5,12H2,1-3H3,(H,21,23)/b9-8-,17-11+/t13-/m1/s1. The summed E-state index contributed by atoms with van der Waals surface area (Å²) in [6.45, 7) is 2.72. The summed E-state index contributed by atoms with van der Waals surface area (Å²) >= 11 is 1.70. The number of nitrogens with one attached hydrogen (secondary N) is 3. The summed E-state index contributed by atoms with van der Waals surface area (Å²) in [5.41, 5.74) is 2.11. The van der Waals surface area contributed by atoms with E-state index in [2.05, 4.69) is 52.3 Å². The zero-order chi connectivity index (χ0) is 17.6. The first-order valence-electron chi connectivity index (χ1n) is 8.61. The lowest BCUT2D eigenvalue weighted by Crippen LogP contribution is -2.23. The lowest BCUT2D eigenvalue weighted by Gasteiger charge is -2.17. The quantitative estimate of drug-likeness (QED) is 0.703. The first kappa shape index (κ1) is 17.7. The number of hydrogen-bond donors (Lipinski definition) is 3. The molecule has 3 rings (SSSR count). The normalized spacial score (nSPS) is 25.8. The third-order valence-corrected chi connectivity index (χ3v) is 4.97. The van der Waals surface area contributed by atoms with Crippen LogP contribution in [0, 0.1) is 5.92 Å². The Bertz CT molecular complexity index is 695. The van der Waals surface area contributed by atoms with Gasteiger partial charge in [-0.3, -0.25) is 0 Å². The third kappa shape index (κ3) is 4.95. The van der Waals surface area contributed by atoms with Crippen molar-refractivity contribution < 1.29 is 4.74 Å². The number of hydrogen-bond acceptors (Lipinski definition) is 6. The zero-order valence-corrected chi connectivity index (χ0v) is 15.8. The number of rotatable bonds is 5. The predicted octanol–water partition coefficient (Wildman–Crippen LogP) is 3.57. The molecule has 5 nitrogen and oxygen atoms in total. The molecule has 0 radical (unpaired) electrons. The summed E-state index contributed by atoms with van der Waals surface area (Å²) in [6.07, 6.45) is 10.8. The van der Waals surface area contributed by atoms with Gasteiger partial charge in [-0.2, -0.15) is 0 Å². The fourth-order valence-electron chi connectivity index (χ4n) is 2.58. The van der Waals surface area contributed by atoms with Gasteiger partial charge < -0.3 is 20.7 Å². The van der Waals surface area contributed by atoms with Crippen molar-refractivity contribution in [1.82, 2.24) is 10.6 Å². The number of anilines is 1. The maximum atomic E-state index is 5.54. The number of amidine groups is 1. The molecule has 0 spiro atoms. The lowest BCUT2D eigenvalue weighted by molar-refractivity contribution is 0.416. The molecule has 0 bridgehead atoms. The molecule has 1 fully saturated rings. The van der Waals surface area contributed by atoms with Crippen LogP contribution in [-0.2, 0) is 0 Å². The number of thioether (sulfide) groups is 1. The molecule has 0 aromatic heterocycles. The van der Waals surface area contributed by atoms with E-state index in [1.54, 1.807) is 18.9 Å². The summed E-state index contributed by atoms with van der Waals surface area (Å²) in [6, 6.07) is 6.77. The molecule has 2 aliphatic rings. The number of ether oxygens (including phenoxy) is 1. The van der Waals surface area contributed by atoms with E-state index < -0.39 is 0 Å². The van der Waals surface area contributed by atoms with E-state index in [0.717, 1.165) is 17.3 Å². The van der Waals surface area contributed by atoms with Gasteiger partial charge in [-0.15, -0.1) is 11.8 Å². The number of benzene rings is 1. The molecule has 134 valence electrons. The van der Waals surface area contributed by atoms with Gasteiger partial charge in [-0.05, 0) is 49.6 Å². The third-order valence-electron chi connectivity index (χ3n) is 4.25. The van der Waals surface area contributed by atoms with E-state index in [4.69, 9.17) is 4.74 Å². The molecule has 0 saturated heterocycles. The van der Waals surface area contributed by atoms with Gasteiger partial charge in [0.15, 0.2) is 0 Å². The van der Waals surface area contributed by atoms with E-state index in [-0.39, 0.29) is 0 Å². The first-order valence-corrected chi connectivity index (χ1v) is 9.83. The van der Waals surface area contributed by atoms with Crippen LogP contribution >= 0.6 is 11.8 Å². The van der Waals surface area contributed by atoms with Gasteiger partial charge in [0.25, 0.3) is 0 Å². The smallest absolute Gasteiger partial charge is 0.143 e. The Balaban J connectivity index is 1.85. The van der Waals surface area contributed by atoms with Gasteiger partial charge in [-0.25, -0.2) is 4.99 Å². The summed E-state index contributed by atoms with van der Waals surface area (Å²) < 4.78 is 5.54. The Morgan fingerprint density at radius 1 is 1.32 bits per heavy atom. The molecule has 1 saturated carbocycles. The molecule has 3 N–H and O–H groups in total. The molecule has 0 amide bonds. The maximum Gasteiger partial charge on any atom is 0.143 e. The van der Waals surface area contributed by atoms with Crippen molar-refractivity contribution >= 4 is 23.3 Å². The lowest BCUT2D eigenvalue weighted by atomic mass is 10.1. The minimum absolute atomic E-state index is 0.305. The second-order valence-electron chi connectivity index (χ2n) is 6.26. The molecular formula is C19H26N4OS. The second kappa shape index (κ2) is 8.34. The number of allylic oxidation sites excluding steroid dienone is 1.